The van der Waals surface area contributed by atoms with E-state index in [9.17, 15) is 27.9 Å². The molecule has 4 rings (SSSR count). The van der Waals surface area contributed by atoms with Gasteiger partial charge in [0, 0.05) is 56.9 Å². The lowest BCUT2D eigenvalue weighted by Crippen LogP contribution is -2.49. The van der Waals surface area contributed by atoms with Gasteiger partial charge >= 0.3 is 18.1 Å². The van der Waals surface area contributed by atoms with Crippen molar-refractivity contribution in [3.05, 3.63) is 54.6 Å². The fourth-order valence-corrected chi connectivity index (χ4v) is 5.10. The predicted octanol–water partition coefficient (Wildman–Crippen LogP) is 3.05. The summed E-state index contributed by atoms with van der Waals surface area (Å²) in [5.41, 5.74) is 2.70. The van der Waals surface area contributed by atoms with E-state index in [0.717, 1.165) is 29.7 Å². The number of hydrogen-bond donors (Lipinski definition) is 4. The average molecular weight is 534 g/mol. The van der Waals surface area contributed by atoms with E-state index in [4.69, 9.17) is 0 Å². The fourth-order valence-electron chi connectivity index (χ4n) is 5.10. The van der Waals surface area contributed by atoms with Crippen LogP contribution in [0, 0.1) is 0 Å². The number of carbonyl (C=O) groups excluding carboxylic acids is 2. The molecule has 2 saturated heterocycles. The second-order valence-corrected chi connectivity index (χ2v) is 9.96. The molecular formula is C27H34F3N5O3. The highest BCUT2D eigenvalue weighted by Crippen LogP contribution is 2.27. The summed E-state index contributed by atoms with van der Waals surface area (Å²) in [4.78, 5) is 27.8. The van der Waals surface area contributed by atoms with Gasteiger partial charge in [-0.05, 0) is 30.9 Å². The number of alkyl halides is 3. The van der Waals surface area contributed by atoms with Crippen LogP contribution in [0.2, 0.25) is 0 Å². The number of likely N-dealkylation sites (tertiary alicyclic amines) is 2. The van der Waals surface area contributed by atoms with E-state index in [1.807, 2.05) is 64.8 Å². The van der Waals surface area contributed by atoms with Gasteiger partial charge in [0.25, 0.3) is 0 Å². The zero-order valence-corrected chi connectivity index (χ0v) is 21.1. The number of hydrogen-bond acceptors (Lipinski definition) is 5. The SMILES string of the molecule is O=C(Nc1ccccc1-c1ccccc1)NC1CCN(CC(O)CN2CC[C@@H](NC(=O)C(F)(F)F)C2)CC1. The highest BCUT2D eigenvalue weighted by atomic mass is 19.4. The van der Waals surface area contributed by atoms with E-state index < -0.39 is 24.2 Å². The molecule has 2 fully saturated rings. The van der Waals surface area contributed by atoms with Gasteiger partial charge in [-0.15, -0.1) is 0 Å². The van der Waals surface area contributed by atoms with Crippen molar-refractivity contribution in [2.45, 2.75) is 43.6 Å². The van der Waals surface area contributed by atoms with Crippen molar-refractivity contribution in [3.8, 4) is 11.1 Å². The third-order valence-electron chi connectivity index (χ3n) is 6.99. The highest BCUT2D eigenvalue weighted by molar-refractivity contribution is 5.94. The molecule has 1 unspecified atom stereocenters. The molecule has 2 aromatic carbocycles. The van der Waals surface area contributed by atoms with Crippen LogP contribution in [0.3, 0.4) is 0 Å². The Morgan fingerprint density at radius 1 is 0.868 bits per heavy atom. The lowest BCUT2D eigenvalue weighted by molar-refractivity contribution is -0.174. The average Bonchev–Trinajstić information content (AvgIpc) is 3.32. The number of benzene rings is 2. The zero-order valence-electron chi connectivity index (χ0n) is 21.1. The van der Waals surface area contributed by atoms with Crippen LogP contribution in [0.4, 0.5) is 23.7 Å². The Morgan fingerprint density at radius 2 is 1.47 bits per heavy atom. The van der Waals surface area contributed by atoms with Crippen LogP contribution < -0.4 is 16.0 Å². The molecule has 0 radical (unpaired) electrons. The second-order valence-electron chi connectivity index (χ2n) is 9.96. The largest absolute Gasteiger partial charge is 0.471 e. The quantitative estimate of drug-likeness (QED) is 0.418. The number of amides is 3. The number of β-amino-alcohol motifs (C(OH)–C–C–N with tert-alkyl or cyclic N) is 1. The Balaban J connectivity index is 1.16. The molecule has 2 aliphatic rings. The van der Waals surface area contributed by atoms with Crippen LogP contribution in [0.15, 0.2) is 54.6 Å². The first-order chi connectivity index (χ1) is 18.2. The number of nitrogens with zero attached hydrogens (tertiary/aromatic N) is 2. The summed E-state index contributed by atoms with van der Waals surface area (Å²) in [6.45, 7) is 3.01. The summed E-state index contributed by atoms with van der Waals surface area (Å²) >= 11 is 0. The fraction of sp³-hybridized carbons (Fsp3) is 0.481. The zero-order chi connectivity index (χ0) is 27.1. The van der Waals surface area contributed by atoms with Crippen molar-refractivity contribution < 1.29 is 27.9 Å². The third-order valence-corrected chi connectivity index (χ3v) is 6.99. The molecule has 38 heavy (non-hydrogen) atoms. The first-order valence-corrected chi connectivity index (χ1v) is 12.9. The number of nitrogens with one attached hydrogen (secondary N) is 3. The number of urea groups is 1. The lowest BCUT2D eigenvalue weighted by atomic mass is 10.0. The van der Waals surface area contributed by atoms with E-state index in [1.165, 1.54) is 0 Å². The number of piperidine rings is 1. The molecule has 3 amide bonds. The van der Waals surface area contributed by atoms with Gasteiger partial charge < -0.3 is 26.0 Å². The summed E-state index contributed by atoms with van der Waals surface area (Å²) < 4.78 is 37.3. The molecule has 0 aliphatic carbocycles. The van der Waals surface area contributed by atoms with Crippen LogP contribution in [-0.4, -0.2) is 90.5 Å². The second kappa shape index (κ2) is 12.6. The Labute approximate surface area is 220 Å². The molecule has 4 N–H and O–H groups in total. The maximum Gasteiger partial charge on any atom is 0.471 e. The first-order valence-electron chi connectivity index (χ1n) is 12.9. The van der Waals surface area contributed by atoms with Gasteiger partial charge in [-0.3, -0.25) is 9.69 Å². The number of aliphatic hydroxyl groups excluding tert-OH is 1. The molecule has 2 heterocycles. The Hall–Kier alpha value is -3.15. The maximum atomic E-state index is 12.7. The first kappa shape index (κ1) is 27.9. The number of halogens is 3. The van der Waals surface area contributed by atoms with Gasteiger partial charge in [0.05, 0.1) is 11.8 Å². The summed E-state index contributed by atoms with van der Waals surface area (Å²) in [6, 6.07) is 16.7. The van der Waals surface area contributed by atoms with Gasteiger partial charge in [-0.1, -0.05) is 48.5 Å². The molecular weight excluding hydrogens is 499 g/mol. The Kier molecular flexibility index (Phi) is 9.24. The monoisotopic (exact) mass is 533 g/mol. The number of rotatable bonds is 8. The van der Waals surface area contributed by atoms with E-state index in [2.05, 4.69) is 15.5 Å². The summed E-state index contributed by atoms with van der Waals surface area (Å²) in [5.74, 6) is -1.92. The molecule has 11 heteroatoms. The number of carbonyl (C=O) groups is 2. The van der Waals surface area contributed by atoms with Crippen molar-refractivity contribution in [1.29, 1.82) is 0 Å². The summed E-state index contributed by atoms with van der Waals surface area (Å²) in [6.07, 6.45) is -3.63. The standard InChI is InChI=1S/C27H34F3N5O3/c28-27(29,30)25(37)31-21-12-15-35(16-21)18-22(36)17-34-13-10-20(11-14-34)32-26(38)33-24-9-5-4-8-23(24)19-6-2-1-3-7-19/h1-9,20-22,36H,10-18H2,(H,31,37)(H2,32,33,38)/t21-,22?/m1/s1. The molecule has 0 aromatic heterocycles. The normalized spacial score (nSPS) is 20.2. The van der Waals surface area contributed by atoms with Crippen molar-refractivity contribution >= 4 is 17.6 Å². The van der Waals surface area contributed by atoms with Gasteiger partial charge in [-0.2, -0.15) is 13.2 Å². The molecule has 0 bridgehead atoms. The van der Waals surface area contributed by atoms with Crippen molar-refractivity contribution in [2.24, 2.45) is 0 Å². The smallest absolute Gasteiger partial charge is 0.390 e. The maximum absolute atomic E-state index is 12.7. The number of anilines is 1. The van der Waals surface area contributed by atoms with Crippen molar-refractivity contribution in [2.75, 3.05) is 44.6 Å². The molecule has 0 spiro atoms. The molecule has 206 valence electrons. The highest BCUT2D eigenvalue weighted by Gasteiger charge is 2.40. The lowest BCUT2D eigenvalue weighted by Gasteiger charge is -2.34. The van der Waals surface area contributed by atoms with Gasteiger partial charge in [0.15, 0.2) is 0 Å². The predicted molar refractivity (Wildman–Crippen MR) is 139 cm³/mol. The van der Waals surface area contributed by atoms with E-state index in [1.54, 1.807) is 0 Å². The molecule has 2 aliphatic heterocycles. The van der Waals surface area contributed by atoms with E-state index >= 15 is 0 Å². The molecule has 2 atom stereocenters. The van der Waals surface area contributed by atoms with Crippen LogP contribution in [0.5, 0.6) is 0 Å². The van der Waals surface area contributed by atoms with E-state index in [0.29, 0.717) is 39.1 Å². The number of aliphatic hydroxyl groups is 1. The molecule has 2 aromatic rings. The van der Waals surface area contributed by atoms with Gasteiger partial charge in [0.1, 0.15) is 0 Å². The minimum Gasteiger partial charge on any atom is -0.390 e. The van der Waals surface area contributed by atoms with E-state index in [-0.39, 0.29) is 18.6 Å². The molecule has 8 nitrogen and oxygen atoms in total. The molecule has 0 saturated carbocycles. The third kappa shape index (κ3) is 7.92. The van der Waals surface area contributed by atoms with Crippen molar-refractivity contribution in [3.63, 3.8) is 0 Å². The van der Waals surface area contributed by atoms with Gasteiger partial charge in [-0.25, -0.2) is 4.79 Å². The topological polar surface area (TPSA) is 96.9 Å². The summed E-state index contributed by atoms with van der Waals surface area (Å²) in [7, 11) is 0. The summed E-state index contributed by atoms with van der Waals surface area (Å²) in [5, 5.41) is 18.6. The van der Waals surface area contributed by atoms with Gasteiger partial charge in [0.2, 0.25) is 0 Å². The minimum atomic E-state index is -4.89. The van der Waals surface area contributed by atoms with Crippen LogP contribution in [0.25, 0.3) is 11.1 Å². The van der Waals surface area contributed by atoms with Crippen LogP contribution in [0.1, 0.15) is 19.3 Å². The Morgan fingerprint density at radius 3 is 2.18 bits per heavy atom. The van der Waals surface area contributed by atoms with Crippen LogP contribution in [-0.2, 0) is 4.79 Å². The minimum absolute atomic E-state index is 0.0175. The van der Waals surface area contributed by atoms with Crippen molar-refractivity contribution in [1.82, 2.24) is 20.4 Å². The Bertz CT molecular complexity index is 1080. The van der Waals surface area contributed by atoms with Crippen LogP contribution >= 0.6 is 0 Å². The number of para-hydroxylation sites is 1.